The third-order valence-electron chi connectivity index (χ3n) is 2.83. The molecule has 0 saturated heterocycles. The highest BCUT2D eigenvalue weighted by Gasteiger charge is 2.12. The minimum atomic E-state index is -3.59. The summed E-state index contributed by atoms with van der Waals surface area (Å²) < 4.78 is 35.0. The molecule has 0 saturated carbocycles. The van der Waals surface area contributed by atoms with E-state index < -0.39 is 31.1 Å². The van der Waals surface area contributed by atoms with Crippen LogP contribution in [0.4, 0.5) is 0 Å². The van der Waals surface area contributed by atoms with Crippen molar-refractivity contribution in [1.29, 1.82) is 0 Å². The van der Waals surface area contributed by atoms with Crippen molar-refractivity contribution in [2.24, 2.45) is 2.55 Å². The summed E-state index contributed by atoms with van der Waals surface area (Å²) in [6.07, 6.45) is 0.908. The second kappa shape index (κ2) is 7.82. The monoisotopic (exact) mass is 431 g/mol. The van der Waals surface area contributed by atoms with Gasteiger partial charge in [-0.25, -0.2) is 0 Å². The number of aryl methyl sites for hydroxylation is 1. The Bertz CT molecular complexity index is 755. The second-order valence-corrected chi connectivity index (χ2v) is 9.11. The van der Waals surface area contributed by atoms with Crippen LogP contribution in [0.3, 0.4) is 0 Å². The Kier molecular flexibility index (Phi) is 6.07. The van der Waals surface area contributed by atoms with E-state index in [0.29, 0.717) is 6.61 Å². The van der Waals surface area contributed by atoms with E-state index in [4.69, 9.17) is 4.74 Å². The molecule has 0 aliphatic carbocycles. The van der Waals surface area contributed by atoms with E-state index in [0.717, 1.165) is 21.3 Å². The van der Waals surface area contributed by atoms with Gasteiger partial charge in [0.2, 0.25) is 0 Å². The molecule has 6 heteroatoms. The minimum absolute atomic E-state index is 0.241. The maximum Gasteiger partial charge on any atom is 0.286 e. The lowest BCUT2D eigenvalue weighted by atomic mass is 10.2. The molecule has 0 unspecified atom stereocenters. The van der Waals surface area contributed by atoms with E-state index in [2.05, 4.69) is 2.55 Å². The molecule has 4 nitrogen and oxygen atoms in total. The highest BCUT2D eigenvalue weighted by molar-refractivity contribution is 14.2. The Labute approximate surface area is 141 Å². The molecule has 0 aromatic heterocycles. The maximum absolute atomic E-state index is 12.3. The van der Waals surface area contributed by atoms with Crippen molar-refractivity contribution in [2.75, 3.05) is 6.61 Å². The van der Waals surface area contributed by atoms with Crippen molar-refractivity contribution in [3.8, 4) is 5.75 Å². The molecule has 118 valence electrons. The number of para-hydroxylation sites is 1. The van der Waals surface area contributed by atoms with E-state index in [1.807, 2.05) is 38.1 Å². The molecule has 2 rings (SSSR count). The predicted octanol–water partition coefficient (Wildman–Crippen LogP) is 4.50. The van der Waals surface area contributed by atoms with E-state index in [-0.39, 0.29) is 4.90 Å². The van der Waals surface area contributed by atoms with Crippen molar-refractivity contribution < 1.29 is 13.2 Å². The van der Waals surface area contributed by atoms with Crippen LogP contribution in [0.5, 0.6) is 5.75 Å². The lowest BCUT2D eigenvalue weighted by Gasteiger charge is -2.06. The largest absolute Gasteiger partial charge is 0.492 e. The van der Waals surface area contributed by atoms with Gasteiger partial charge >= 0.3 is 0 Å². The summed E-state index contributed by atoms with van der Waals surface area (Å²) in [6.45, 7) is 4.57. The van der Waals surface area contributed by atoms with Gasteiger partial charge in [-0.1, -0.05) is 36.8 Å². The van der Waals surface area contributed by atoms with Gasteiger partial charge in [-0.2, -0.15) is 8.42 Å². The van der Waals surface area contributed by atoms with E-state index in [1.165, 1.54) is 0 Å². The third kappa shape index (κ3) is 4.61. The van der Waals surface area contributed by atoms with E-state index in [9.17, 15) is 8.42 Å². The van der Waals surface area contributed by atoms with Gasteiger partial charge in [0, 0.05) is 0 Å². The first-order valence-electron chi connectivity index (χ1n) is 6.93. The third-order valence-corrected chi connectivity index (χ3v) is 7.51. The average molecular weight is 431 g/mol. The van der Waals surface area contributed by atoms with Gasteiger partial charge in [0.1, 0.15) is 5.75 Å². The predicted molar refractivity (Wildman–Crippen MR) is 95.7 cm³/mol. The van der Waals surface area contributed by atoms with Gasteiger partial charge in [-0.3, -0.25) is 0 Å². The summed E-state index contributed by atoms with van der Waals surface area (Å²) in [4.78, 5) is 0.241. The number of ether oxygens (including phenoxy) is 1. The summed E-state index contributed by atoms with van der Waals surface area (Å²) in [7, 11) is -3.59. The smallest absolute Gasteiger partial charge is 0.286 e. The lowest BCUT2D eigenvalue weighted by Crippen LogP contribution is -1.97. The zero-order valence-electron chi connectivity index (χ0n) is 12.5. The van der Waals surface area contributed by atoms with Gasteiger partial charge in [0.15, 0.2) is 0 Å². The van der Waals surface area contributed by atoms with E-state index >= 15 is 0 Å². The second-order valence-electron chi connectivity index (χ2n) is 4.72. The average Bonchev–Trinajstić information content (AvgIpc) is 2.52. The normalized spacial score (nSPS) is 12.1. The Hall–Kier alpha value is -1.28. The van der Waals surface area contributed by atoms with Gasteiger partial charge < -0.3 is 4.74 Å². The van der Waals surface area contributed by atoms with Crippen LogP contribution in [0.2, 0.25) is 0 Å². The van der Waals surface area contributed by atoms with Crippen LogP contribution in [-0.2, 0) is 10.0 Å². The fraction of sp³-hybridized carbons (Fsp3) is 0.250. The molecule has 2 aromatic carbocycles. The van der Waals surface area contributed by atoms with Gasteiger partial charge in [0.05, 0.1) is 36.1 Å². The number of halogens is 1. The molecular weight excluding hydrogens is 413 g/mol. The van der Waals surface area contributed by atoms with Crippen molar-refractivity contribution in [1.82, 2.24) is 0 Å². The summed E-state index contributed by atoms with van der Waals surface area (Å²) in [5.74, 6) is 0.736. The molecule has 0 radical (unpaired) electrons. The van der Waals surface area contributed by atoms with Crippen LogP contribution < -0.4 is 4.74 Å². The quantitative estimate of drug-likeness (QED) is 0.634. The molecule has 2 aromatic rings. The molecule has 0 bridgehead atoms. The molecule has 0 spiro atoms. The summed E-state index contributed by atoms with van der Waals surface area (Å²) in [5.41, 5.74) is 1.02. The molecule has 0 amide bonds. The van der Waals surface area contributed by atoms with Gasteiger partial charge in [-0.05, 0) is 37.6 Å². The molecule has 0 fully saturated rings. The minimum Gasteiger partial charge on any atom is -0.492 e. The number of hydrogen-bond donors (Lipinski definition) is 0. The van der Waals surface area contributed by atoms with Gasteiger partial charge in [-0.15, -0.1) is 2.55 Å². The summed E-state index contributed by atoms with van der Waals surface area (Å²) in [5, 5.41) is 0. The highest BCUT2D eigenvalue weighted by Crippen LogP contribution is 2.28. The standard InChI is InChI=1S/C16H18INO3S/c1-3-12-21-16-7-5-4-6-15(16)17-18-22(19,20)14-10-8-13(2)9-11-14/h4-11H,3,12H2,1-2H3. The van der Waals surface area contributed by atoms with Crippen molar-refractivity contribution in [2.45, 2.75) is 25.2 Å². The van der Waals surface area contributed by atoms with Crippen LogP contribution >= 0.6 is 21.0 Å². The maximum atomic E-state index is 12.3. The molecule has 0 aliphatic heterocycles. The zero-order chi connectivity index (χ0) is 16.0. The number of sulfonamides is 1. The van der Waals surface area contributed by atoms with Crippen molar-refractivity contribution in [3.63, 3.8) is 0 Å². The first-order chi connectivity index (χ1) is 10.5. The van der Waals surface area contributed by atoms with Crippen LogP contribution in [-0.4, -0.2) is 15.0 Å². The van der Waals surface area contributed by atoms with Crippen LogP contribution in [0.25, 0.3) is 0 Å². The molecule has 22 heavy (non-hydrogen) atoms. The van der Waals surface area contributed by atoms with Crippen LogP contribution in [0, 0.1) is 10.5 Å². The fourth-order valence-corrected chi connectivity index (χ4v) is 5.44. The van der Waals surface area contributed by atoms with Crippen molar-refractivity contribution in [3.05, 3.63) is 57.7 Å². The van der Waals surface area contributed by atoms with E-state index in [1.54, 1.807) is 24.3 Å². The Morgan fingerprint density at radius 2 is 1.77 bits per heavy atom. The fourth-order valence-electron chi connectivity index (χ4n) is 1.68. The lowest BCUT2D eigenvalue weighted by molar-refractivity contribution is 0.315. The highest BCUT2D eigenvalue weighted by atomic mass is 127. The Balaban J connectivity index is 2.26. The molecule has 0 heterocycles. The van der Waals surface area contributed by atoms with Crippen molar-refractivity contribution >= 4 is 31.1 Å². The molecule has 0 atom stereocenters. The van der Waals surface area contributed by atoms with Crippen LogP contribution in [0.1, 0.15) is 18.9 Å². The molecular formula is C16H18INO3S. The number of benzene rings is 2. The summed E-state index contributed by atoms with van der Waals surface area (Å²) >= 11 is -1.02. The Morgan fingerprint density at radius 1 is 1.09 bits per heavy atom. The number of rotatable bonds is 6. The number of nitrogens with zero attached hydrogens (tertiary/aromatic N) is 1. The Morgan fingerprint density at radius 3 is 2.45 bits per heavy atom. The molecule has 0 N–H and O–H groups in total. The first-order valence-corrected chi connectivity index (χ1v) is 10.4. The topological polar surface area (TPSA) is 55.7 Å². The summed E-state index contributed by atoms with van der Waals surface area (Å²) in [6, 6.07) is 14.2. The number of hydrogen-bond acceptors (Lipinski definition) is 3. The zero-order valence-corrected chi connectivity index (χ0v) is 15.5. The SMILES string of the molecule is CCCOc1ccccc1I=NS(=O)(=O)c1ccc(C)cc1. The van der Waals surface area contributed by atoms with Crippen LogP contribution in [0.15, 0.2) is 56.0 Å². The molecule has 0 aliphatic rings. The van der Waals surface area contributed by atoms with Gasteiger partial charge in [0.25, 0.3) is 10.0 Å². The first kappa shape index (κ1) is 17.1.